The highest BCUT2D eigenvalue weighted by molar-refractivity contribution is 6.51. The maximum atomic E-state index is 14.1. The summed E-state index contributed by atoms with van der Waals surface area (Å²) in [7, 11) is 1.37. The molecule has 0 bridgehead atoms. The summed E-state index contributed by atoms with van der Waals surface area (Å²) in [6, 6.07) is 17.0. The van der Waals surface area contributed by atoms with Crippen molar-refractivity contribution in [2.24, 2.45) is 0 Å². The van der Waals surface area contributed by atoms with E-state index in [9.17, 15) is 19.1 Å². The molecule has 0 spiro atoms. The third-order valence-electron chi connectivity index (χ3n) is 5.83. The number of nitrogens with one attached hydrogen (secondary N) is 1. The van der Waals surface area contributed by atoms with Crippen molar-refractivity contribution >= 4 is 34.4 Å². The fourth-order valence-electron chi connectivity index (χ4n) is 4.24. The van der Waals surface area contributed by atoms with Gasteiger partial charge in [0.2, 0.25) is 5.95 Å². The molecule has 1 aliphatic heterocycles. The minimum absolute atomic E-state index is 0.0262. The van der Waals surface area contributed by atoms with Gasteiger partial charge in [-0.15, -0.1) is 0 Å². The Kier molecular flexibility index (Phi) is 5.13. The van der Waals surface area contributed by atoms with E-state index in [-0.39, 0.29) is 22.8 Å². The maximum Gasteiger partial charge on any atom is 0.302 e. The molecule has 2 heterocycles. The van der Waals surface area contributed by atoms with Crippen LogP contribution in [-0.2, 0) is 9.59 Å². The normalized spacial score (nSPS) is 17.5. The number of anilines is 1. The summed E-state index contributed by atoms with van der Waals surface area (Å²) >= 11 is 0. The first-order valence-electron chi connectivity index (χ1n) is 10.5. The number of ether oxygens (including phenoxy) is 1. The van der Waals surface area contributed by atoms with Gasteiger partial charge in [0.15, 0.2) is 0 Å². The Hall–Kier alpha value is -4.46. The minimum Gasteiger partial charge on any atom is -0.507 e. The molecule has 2 N–H and O–H groups in total. The van der Waals surface area contributed by atoms with E-state index < -0.39 is 29.3 Å². The molecule has 1 aliphatic rings. The smallest absolute Gasteiger partial charge is 0.302 e. The SMILES string of the molecule is COc1ccc(F)cc1/C(O)=C1\C(=O)C(=O)N(c2nc3ccc(C)cc3[nH]2)C1c1ccccc1. The van der Waals surface area contributed by atoms with Gasteiger partial charge in [0.25, 0.3) is 5.78 Å². The summed E-state index contributed by atoms with van der Waals surface area (Å²) in [6.45, 7) is 1.93. The molecule has 1 unspecified atom stereocenters. The number of imidazole rings is 1. The second kappa shape index (κ2) is 8.15. The van der Waals surface area contributed by atoms with Gasteiger partial charge in [0.05, 0.1) is 35.3 Å². The molecule has 1 saturated heterocycles. The number of aliphatic hydroxyl groups excluding tert-OH is 1. The average Bonchev–Trinajstić information content (AvgIpc) is 3.37. The number of aliphatic hydroxyl groups is 1. The first-order chi connectivity index (χ1) is 16.4. The number of benzene rings is 3. The largest absolute Gasteiger partial charge is 0.507 e. The van der Waals surface area contributed by atoms with Crippen molar-refractivity contribution in [2.45, 2.75) is 13.0 Å². The number of rotatable bonds is 4. The number of amides is 1. The molecule has 3 aromatic carbocycles. The topological polar surface area (TPSA) is 95.5 Å². The Labute approximate surface area is 194 Å². The third kappa shape index (κ3) is 3.40. The fourth-order valence-corrected chi connectivity index (χ4v) is 4.24. The van der Waals surface area contributed by atoms with Crippen LogP contribution in [0.3, 0.4) is 0 Å². The number of aromatic nitrogens is 2. The molecule has 8 heteroatoms. The van der Waals surface area contributed by atoms with E-state index in [1.165, 1.54) is 24.1 Å². The van der Waals surface area contributed by atoms with Crippen LogP contribution >= 0.6 is 0 Å². The summed E-state index contributed by atoms with van der Waals surface area (Å²) in [4.78, 5) is 35.4. The zero-order valence-electron chi connectivity index (χ0n) is 18.4. The zero-order chi connectivity index (χ0) is 24.0. The highest BCUT2D eigenvalue weighted by atomic mass is 19.1. The Morgan fingerprint density at radius 2 is 1.85 bits per heavy atom. The third-order valence-corrected chi connectivity index (χ3v) is 5.83. The first-order valence-corrected chi connectivity index (χ1v) is 10.5. The molecule has 0 aliphatic carbocycles. The molecule has 1 aromatic heterocycles. The molecule has 0 saturated carbocycles. The van der Waals surface area contributed by atoms with Crippen LogP contribution < -0.4 is 9.64 Å². The number of nitrogens with zero attached hydrogens (tertiary/aromatic N) is 2. The predicted octanol–water partition coefficient (Wildman–Crippen LogP) is 4.65. The summed E-state index contributed by atoms with van der Waals surface area (Å²) in [6.07, 6.45) is 0. The number of aryl methyl sites for hydroxylation is 1. The van der Waals surface area contributed by atoms with E-state index >= 15 is 0 Å². The highest BCUT2D eigenvalue weighted by Gasteiger charge is 2.48. The van der Waals surface area contributed by atoms with E-state index in [1.54, 1.807) is 30.3 Å². The number of aromatic amines is 1. The molecule has 7 nitrogen and oxygen atoms in total. The number of H-pyrrole nitrogens is 1. The number of halogens is 1. The summed E-state index contributed by atoms with van der Waals surface area (Å²) in [5.41, 5.74) is 2.70. The number of methoxy groups -OCH3 is 1. The van der Waals surface area contributed by atoms with Gasteiger partial charge >= 0.3 is 5.91 Å². The molecule has 1 atom stereocenters. The Morgan fingerprint density at radius 1 is 1.09 bits per heavy atom. The van der Waals surface area contributed by atoms with Crippen LogP contribution in [0.4, 0.5) is 10.3 Å². The van der Waals surface area contributed by atoms with E-state index in [2.05, 4.69) is 9.97 Å². The molecule has 1 fully saturated rings. The lowest BCUT2D eigenvalue weighted by Crippen LogP contribution is -2.30. The number of carbonyl (C=O) groups is 2. The van der Waals surface area contributed by atoms with Crippen LogP contribution in [0.15, 0.2) is 72.3 Å². The molecule has 170 valence electrons. The van der Waals surface area contributed by atoms with E-state index in [1.807, 2.05) is 25.1 Å². The lowest BCUT2D eigenvalue weighted by molar-refractivity contribution is -0.132. The van der Waals surface area contributed by atoms with Crippen molar-refractivity contribution in [1.29, 1.82) is 0 Å². The standard InChI is InChI=1S/C26H20FN3O4/c1-14-8-10-18-19(12-14)29-26(28-18)30-22(15-6-4-3-5-7-15)21(24(32)25(30)33)23(31)17-13-16(27)9-11-20(17)34-2/h3-13,22,31H,1-2H3,(H,28,29)/b23-21+. The highest BCUT2D eigenvalue weighted by Crippen LogP contribution is 2.42. The second-order valence-electron chi connectivity index (χ2n) is 8.01. The summed E-state index contributed by atoms with van der Waals surface area (Å²) in [5, 5.41) is 11.2. The average molecular weight is 457 g/mol. The van der Waals surface area contributed by atoms with Crippen LogP contribution in [0.25, 0.3) is 16.8 Å². The Balaban J connectivity index is 1.75. The van der Waals surface area contributed by atoms with Crippen molar-refractivity contribution in [3.8, 4) is 5.75 Å². The number of Topliss-reactive ketones (excluding diaryl/α,β-unsaturated/α-hetero) is 1. The van der Waals surface area contributed by atoms with Crippen LogP contribution in [0.5, 0.6) is 5.75 Å². The lowest BCUT2D eigenvalue weighted by Gasteiger charge is -2.23. The quantitative estimate of drug-likeness (QED) is 0.264. The van der Waals surface area contributed by atoms with Gasteiger partial charge < -0.3 is 14.8 Å². The molecule has 1 amide bonds. The van der Waals surface area contributed by atoms with Crippen LogP contribution in [0.1, 0.15) is 22.7 Å². The number of carbonyl (C=O) groups excluding carboxylic acids is 2. The van der Waals surface area contributed by atoms with Gasteiger partial charge in [-0.25, -0.2) is 9.37 Å². The molecule has 0 radical (unpaired) electrons. The van der Waals surface area contributed by atoms with Crippen molar-refractivity contribution in [1.82, 2.24) is 9.97 Å². The molecule has 5 rings (SSSR count). The summed E-state index contributed by atoms with van der Waals surface area (Å²) < 4.78 is 19.3. The number of ketones is 1. The fraction of sp³-hybridized carbons (Fsp3) is 0.115. The monoisotopic (exact) mass is 457 g/mol. The van der Waals surface area contributed by atoms with Crippen molar-refractivity contribution in [2.75, 3.05) is 12.0 Å². The molecule has 34 heavy (non-hydrogen) atoms. The van der Waals surface area contributed by atoms with Gasteiger partial charge in [-0.2, -0.15) is 0 Å². The Morgan fingerprint density at radius 3 is 2.59 bits per heavy atom. The van der Waals surface area contributed by atoms with Crippen molar-refractivity contribution in [3.63, 3.8) is 0 Å². The van der Waals surface area contributed by atoms with Gasteiger partial charge in [-0.3, -0.25) is 14.5 Å². The van der Waals surface area contributed by atoms with E-state index in [0.29, 0.717) is 16.6 Å². The molecular formula is C26H20FN3O4. The molecule has 4 aromatic rings. The first kappa shape index (κ1) is 21.4. The van der Waals surface area contributed by atoms with Gasteiger partial charge in [-0.05, 0) is 48.4 Å². The minimum atomic E-state index is -0.990. The van der Waals surface area contributed by atoms with Crippen molar-refractivity contribution in [3.05, 3.63) is 94.8 Å². The Bertz CT molecular complexity index is 1480. The predicted molar refractivity (Wildman–Crippen MR) is 125 cm³/mol. The lowest BCUT2D eigenvalue weighted by atomic mass is 9.95. The number of hydrogen-bond donors (Lipinski definition) is 2. The second-order valence-corrected chi connectivity index (χ2v) is 8.01. The van der Waals surface area contributed by atoms with Gasteiger partial charge in [0, 0.05) is 0 Å². The molecular weight excluding hydrogens is 437 g/mol. The van der Waals surface area contributed by atoms with Gasteiger partial charge in [-0.1, -0.05) is 36.4 Å². The number of fused-ring (bicyclic) bond motifs is 1. The van der Waals surface area contributed by atoms with Crippen LogP contribution in [-0.4, -0.2) is 33.9 Å². The zero-order valence-corrected chi connectivity index (χ0v) is 18.4. The van der Waals surface area contributed by atoms with E-state index in [4.69, 9.17) is 4.74 Å². The summed E-state index contributed by atoms with van der Waals surface area (Å²) in [5.74, 6) is -2.59. The van der Waals surface area contributed by atoms with Crippen LogP contribution in [0.2, 0.25) is 0 Å². The maximum absolute atomic E-state index is 14.1. The number of hydrogen-bond acceptors (Lipinski definition) is 5. The van der Waals surface area contributed by atoms with E-state index in [0.717, 1.165) is 11.6 Å². The van der Waals surface area contributed by atoms with Crippen molar-refractivity contribution < 1.29 is 23.8 Å². The van der Waals surface area contributed by atoms with Crippen LogP contribution in [0, 0.1) is 12.7 Å². The van der Waals surface area contributed by atoms with Gasteiger partial charge in [0.1, 0.15) is 17.3 Å².